The Bertz CT molecular complexity index is 584. The highest BCUT2D eigenvalue weighted by Gasteiger charge is 2.10. The molecule has 5 nitrogen and oxygen atoms in total. The van der Waals surface area contributed by atoms with E-state index in [-0.39, 0.29) is 5.82 Å². The Kier molecular flexibility index (Phi) is 3.83. The van der Waals surface area contributed by atoms with Gasteiger partial charge in [0.25, 0.3) is 5.91 Å². The van der Waals surface area contributed by atoms with Crippen LogP contribution in [0.3, 0.4) is 0 Å². The number of halogens is 1. The number of carbonyl (C=O) groups excluding carboxylic acids is 1. The number of nitrogens with zero attached hydrogens (tertiary/aromatic N) is 1. The van der Waals surface area contributed by atoms with E-state index >= 15 is 0 Å². The molecule has 0 aliphatic rings. The zero-order valence-electron chi connectivity index (χ0n) is 9.31. The molecule has 0 unspecified atom stereocenters. The van der Waals surface area contributed by atoms with Crippen LogP contribution < -0.4 is 16.8 Å². The molecular formula is C11H11BrN4OS. The molecule has 0 atom stereocenters. The van der Waals surface area contributed by atoms with Gasteiger partial charge in [-0.15, -0.1) is 11.3 Å². The highest BCUT2D eigenvalue weighted by atomic mass is 79.9. The van der Waals surface area contributed by atoms with Gasteiger partial charge in [0, 0.05) is 9.35 Å². The van der Waals surface area contributed by atoms with Crippen molar-refractivity contribution in [3.8, 4) is 0 Å². The fourth-order valence-corrected chi connectivity index (χ4v) is 2.88. The normalized spacial score (nSPS) is 10.3. The summed E-state index contributed by atoms with van der Waals surface area (Å²) < 4.78 is 1.03. The largest absolute Gasteiger partial charge is 0.384 e. The van der Waals surface area contributed by atoms with Crippen molar-refractivity contribution in [2.75, 3.05) is 11.1 Å². The molecule has 0 spiro atoms. The van der Waals surface area contributed by atoms with Crippen LogP contribution in [0.5, 0.6) is 0 Å². The maximum atomic E-state index is 11.3. The summed E-state index contributed by atoms with van der Waals surface area (Å²) in [5, 5.41) is 5.11. The first-order valence-electron chi connectivity index (χ1n) is 5.09. The number of aromatic nitrogens is 1. The van der Waals surface area contributed by atoms with E-state index < -0.39 is 5.91 Å². The number of primary amides is 1. The van der Waals surface area contributed by atoms with Gasteiger partial charge in [0.15, 0.2) is 0 Å². The van der Waals surface area contributed by atoms with Crippen molar-refractivity contribution in [2.24, 2.45) is 5.73 Å². The van der Waals surface area contributed by atoms with Crippen LogP contribution in [-0.2, 0) is 6.54 Å². The summed E-state index contributed by atoms with van der Waals surface area (Å²) in [5.74, 6) is -0.261. The molecule has 1 amide bonds. The molecule has 0 fully saturated rings. The fourth-order valence-electron chi connectivity index (χ4n) is 1.44. The zero-order chi connectivity index (χ0) is 13.1. The molecule has 0 aromatic carbocycles. The van der Waals surface area contributed by atoms with Crippen LogP contribution in [0.2, 0.25) is 0 Å². The minimum atomic E-state index is -0.531. The number of hydrogen-bond acceptors (Lipinski definition) is 5. The average Bonchev–Trinajstić information content (AvgIpc) is 2.73. The maximum absolute atomic E-state index is 11.3. The lowest BCUT2D eigenvalue weighted by Crippen LogP contribution is -2.15. The number of anilines is 2. The van der Waals surface area contributed by atoms with E-state index in [0.29, 0.717) is 17.8 Å². The number of nitrogens with one attached hydrogen (secondary N) is 1. The van der Waals surface area contributed by atoms with E-state index in [1.54, 1.807) is 11.3 Å². The summed E-state index contributed by atoms with van der Waals surface area (Å²) in [6.45, 7) is 0.587. The highest BCUT2D eigenvalue weighted by Crippen LogP contribution is 2.24. The molecule has 2 aromatic heterocycles. The van der Waals surface area contributed by atoms with Gasteiger partial charge >= 0.3 is 0 Å². The van der Waals surface area contributed by atoms with E-state index in [1.165, 1.54) is 12.3 Å². The zero-order valence-corrected chi connectivity index (χ0v) is 11.7. The molecule has 0 saturated heterocycles. The summed E-state index contributed by atoms with van der Waals surface area (Å²) in [6.07, 6.45) is 1.51. The van der Waals surface area contributed by atoms with Gasteiger partial charge < -0.3 is 16.8 Å². The van der Waals surface area contributed by atoms with Crippen LogP contribution >= 0.6 is 27.3 Å². The Labute approximate surface area is 116 Å². The molecule has 0 radical (unpaired) electrons. The predicted octanol–water partition coefficient (Wildman–Crippen LogP) is 2.20. The van der Waals surface area contributed by atoms with Gasteiger partial charge in [-0.2, -0.15) is 0 Å². The summed E-state index contributed by atoms with van der Waals surface area (Å²) >= 11 is 5.06. The third-order valence-corrected chi connectivity index (χ3v) is 4.25. The minimum Gasteiger partial charge on any atom is -0.384 e. The van der Waals surface area contributed by atoms with Crippen LogP contribution in [0, 0.1) is 0 Å². The molecule has 94 valence electrons. The monoisotopic (exact) mass is 326 g/mol. The molecule has 2 aromatic rings. The minimum absolute atomic E-state index is 0.270. The Balaban J connectivity index is 2.19. The second-order valence-corrected chi connectivity index (χ2v) is 5.42. The number of rotatable bonds is 4. The number of carbonyl (C=O) groups is 1. The third kappa shape index (κ3) is 2.80. The van der Waals surface area contributed by atoms with E-state index in [1.807, 2.05) is 11.4 Å². The molecule has 5 N–H and O–H groups in total. The standard InChI is InChI=1S/C11H11BrN4OS/c12-7-1-2-18-9(7)5-15-8-4-16-10(13)3-6(8)11(14)17/h1-4,15H,5H2,(H2,13,16)(H2,14,17). The molecule has 0 saturated carbocycles. The lowest BCUT2D eigenvalue weighted by Gasteiger charge is -2.09. The molecular weight excluding hydrogens is 316 g/mol. The first-order chi connectivity index (χ1) is 8.58. The number of nitrogen functional groups attached to an aromatic ring is 1. The number of hydrogen-bond donors (Lipinski definition) is 3. The maximum Gasteiger partial charge on any atom is 0.250 e. The number of amides is 1. The topological polar surface area (TPSA) is 94.0 Å². The highest BCUT2D eigenvalue weighted by molar-refractivity contribution is 9.10. The van der Waals surface area contributed by atoms with Gasteiger partial charge in [-0.1, -0.05) is 0 Å². The van der Waals surface area contributed by atoms with Crippen molar-refractivity contribution >= 4 is 44.7 Å². The van der Waals surface area contributed by atoms with Gasteiger partial charge in [0.1, 0.15) is 5.82 Å². The van der Waals surface area contributed by atoms with Gasteiger partial charge in [-0.25, -0.2) is 4.98 Å². The third-order valence-electron chi connectivity index (χ3n) is 2.32. The quantitative estimate of drug-likeness (QED) is 0.802. The van der Waals surface area contributed by atoms with Crippen LogP contribution in [-0.4, -0.2) is 10.9 Å². The Morgan fingerprint density at radius 3 is 2.94 bits per heavy atom. The van der Waals surface area contributed by atoms with Crippen molar-refractivity contribution < 1.29 is 4.79 Å². The van der Waals surface area contributed by atoms with E-state index in [9.17, 15) is 4.79 Å². The number of thiophene rings is 1. The van der Waals surface area contributed by atoms with Crippen LogP contribution in [0.1, 0.15) is 15.2 Å². The second kappa shape index (κ2) is 5.36. The molecule has 0 bridgehead atoms. The fraction of sp³-hybridized carbons (Fsp3) is 0.0909. The first-order valence-corrected chi connectivity index (χ1v) is 6.76. The van der Waals surface area contributed by atoms with Crippen LogP contribution in [0.4, 0.5) is 11.5 Å². The second-order valence-electron chi connectivity index (χ2n) is 3.56. The van der Waals surface area contributed by atoms with Gasteiger partial charge in [-0.05, 0) is 33.4 Å². The lowest BCUT2D eigenvalue weighted by atomic mass is 10.2. The Morgan fingerprint density at radius 2 is 2.33 bits per heavy atom. The average molecular weight is 327 g/mol. The molecule has 0 aliphatic heterocycles. The molecule has 18 heavy (non-hydrogen) atoms. The summed E-state index contributed by atoms with van der Waals surface area (Å²) in [5.41, 5.74) is 11.7. The summed E-state index contributed by atoms with van der Waals surface area (Å²) in [4.78, 5) is 16.4. The Hall–Kier alpha value is -1.60. The molecule has 2 heterocycles. The SMILES string of the molecule is NC(=O)c1cc(N)ncc1NCc1sccc1Br. The lowest BCUT2D eigenvalue weighted by molar-refractivity contribution is 0.100. The van der Waals surface area contributed by atoms with Crippen molar-refractivity contribution in [1.82, 2.24) is 4.98 Å². The van der Waals surface area contributed by atoms with Gasteiger partial charge in [0.05, 0.1) is 24.0 Å². The van der Waals surface area contributed by atoms with Crippen LogP contribution in [0.15, 0.2) is 28.2 Å². The van der Waals surface area contributed by atoms with E-state index in [0.717, 1.165) is 9.35 Å². The van der Waals surface area contributed by atoms with Crippen molar-refractivity contribution in [2.45, 2.75) is 6.54 Å². The first kappa shape index (κ1) is 12.8. The van der Waals surface area contributed by atoms with Gasteiger partial charge in [0.2, 0.25) is 0 Å². The van der Waals surface area contributed by atoms with E-state index in [2.05, 4.69) is 26.2 Å². The van der Waals surface area contributed by atoms with Crippen molar-refractivity contribution in [3.05, 3.63) is 38.6 Å². The Morgan fingerprint density at radius 1 is 1.56 bits per heavy atom. The number of nitrogens with two attached hydrogens (primary N) is 2. The summed E-state index contributed by atoms with van der Waals surface area (Å²) in [6, 6.07) is 3.44. The van der Waals surface area contributed by atoms with Gasteiger partial charge in [-0.3, -0.25) is 4.79 Å². The molecule has 7 heteroatoms. The number of pyridine rings is 1. The van der Waals surface area contributed by atoms with E-state index in [4.69, 9.17) is 11.5 Å². The predicted molar refractivity (Wildman–Crippen MR) is 76.5 cm³/mol. The van der Waals surface area contributed by atoms with Crippen molar-refractivity contribution in [1.29, 1.82) is 0 Å². The van der Waals surface area contributed by atoms with Crippen molar-refractivity contribution in [3.63, 3.8) is 0 Å². The molecule has 0 aliphatic carbocycles. The molecule has 2 rings (SSSR count). The summed E-state index contributed by atoms with van der Waals surface area (Å²) in [7, 11) is 0. The smallest absolute Gasteiger partial charge is 0.250 e. The van der Waals surface area contributed by atoms with Crippen LogP contribution in [0.25, 0.3) is 0 Å².